The van der Waals surface area contributed by atoms with Gasteiger partial charge in [-0.3, -0.25) is 0 Å². The molecule has 0 heterocycles. The van der Waals surface area contributed by atoms with Gasteiger partial charge in [0.2, 0.25) is 5.75 Å². The predicted octanol–water partition coefficient (Wildman–Crippen LogP) is 3.43. The van der Waals surface area contributed by atoms with Gasteiger partial charge in [-0.2, -0.15) is 0 Å². The summed E-state index contributed by atoms with van der Waals surface area (Å²) in [7, 11) is 4.80. The summed E-state index contributed by atoms with van der Waals surface area (Å²) in [5, 5.41) is 0. The van der Waals surface area contributed by atoms with E-state index in [2.05, 4.69) is 0 Å². The lowest BCUT2D eigenvalue weighted by atomic mass is 10.2. The summed E-state index contributed by atoms with van der Waals surface area (Å²) >= 11 is 0. The van der Waals surface area contributed by atoms with Crippen LogP contribution in [0.4, 0.5) is 0 Å². The van der Waals surface area contributed by atoms with Gasteiger partial charge in [0.1, 0.15) is 0 Å². The van der Waals surface area contributed by atoms with Gasteiger partial charge in [0.15, 0.2) is 11.5 Å². The minimum atomic E-state index is 0.478. The Labute approximate surface area is 125 Å². The van der Waals surface area contributed by atoms with E-state index in [0.29, 0.717) is 30.5 Å². The number of hydrogen-bond acceptors (Lipinski definition) is 4. The van der Waals surface area contributed by atoms with E-state index in [0.717, 1.165) is 11.1 Å². The lowest BCUT2D eigenvalue weighted by molar-refractivity contribution is 0.107. The van der Waals surface area contributed by atoms with E-state index in [-0.39, 0.29) is 0 Å². The molecule has 2 aromatic rings. The molecule has 4 nitrogen and oxygen atoms in total. The van der Waals surface area contributed by atoms with Gasteiger partial charge >= 0.3 is 0 Å². The van der Waals surface area contributed by atoms with Gasteiger partial charge in [-0.1, -0.05) is 30.3 Å². The molecule has 2 aromatic carbocycles. The fraction of sp³-hybridized carbons (Fsp3) is 0.294. The molecule has 0 saturated heterocycles. The average molecular weight is 288 g/mol. The highest BCUT2D eigenvalue weighted by Crippen LogP contribution is 2.38. The van der Waals surface area contributed by atoms with E-state index in [1.54, 1.807) is 21.3 Å². The van der Waals surface area contributed by atoms with Crippen LogP contribution in [0.1, 0.15) is 11.1 Å². The Kier molecular flexibility index (Phi) is 5.46. The van der Waals surface area contributed by atoms with Crippen molar-refractivity contribution in [3.05, 3.63) is 53.6 Å². The molecule has 112 valence electrons. The quantitative estimate of drug-likeness (QED) is 0.782. The number of ether oxygens (including phenoxy) is 4. The maximum Gasteiger partial charge on any atom is 0.203 e. The second-order valence-electron chi connectivity index (χ2n) is 4.51. The van der Waals surface area contributed by atoms with Crippen LogP contribution in [0.15, 0.2) is 42.5 Å². The second kappa shape index (κ2) is 7.55. The first-order valence-electron chi connectivity index (χ1n) is 6.69. The zero-order valence-corrected chi connectivity index (χ0v) is 12.6. The molecule has 0 aliphatic rings. The number of rotatable bonds is 7. The Morgan fingerprint density at radius 1 is 0.714 bits per heavy atom. The SMILES string of the molecule is COc1cc(COCc2ccccc2)cc(OC)c1OC. The molecule has 0 spiro atoms. The van der Waals surface area contributed by atoms with E-state index in [1.807, 2.05) is 42.5 Å². The normalized spacial score (nSPS) is 10.2. The Balaban J connectivity index is 2.06. The topological polar surface area (TPSA) is 36.9 Å². The largest absolute Gasteiger partial charge is 0.493 e. The second-order valence-corrected chi connectivity index (χ2v) is 4.51. The molecule has 0 aliphatic carbocycles. The van der Waals surface area contributed by atoms with E-state index in [4.69, 9.17) is 18.9 Å². The molecule has 2 rings (SSSR count). The van der Waals surface area contributed by atoms with Crippen LogP contribution in [0.5, 0.6) is 17.2 Å². The molecule has 0 aliphatic heterocycles. The minimum absolute atomic E-state index is 0.478. The van der Waals surface area contributed by atoms with Crippen molar-refractivity contribution in [1.82, 2.24) is 0 Å². The van der Waals surface area contributed by atoms with Crippen LogP contribution in [0.3, 0.4) is 0 Å². The summed E-state index contributed by atoms with van der Waals surface area (Å²) in [6.07, 6.45) is 0. The van der Waals surface area contributed by atoms with Crippen molar-refractivity contribution >= 4 is 0 Å². The van der Waals surface area contributed by atoms with E-state index in [1.165, 1.54) is 0 Å². The number of benzene rings is 2. The van der Waals surface area contributed by atoms with Crippen molar-refractivity contribution in [3.8, 4) is 17.2 Å². The van der Waals surface area contributed by atoms with Crippen LogP contribution in [-0.4, -0.2) is 21.3 Å². The van der Waals surface area contributed by atoms with Crippen molar-refractivity contribution in [3.63, 3.8) is 0 Å². The molecule has 0 radical (unpaired) electrons. The Hall–Kier alpha value is -2.20. The molecule has 0 unspecified atom stereocenters. The molecular formula is C17H20O4. The molecule has 0 saturated carbocycles. The molecule has 0 bridgehead atoms. The molecular weight excluding hydrogens is 268 g/mol. The van der Waals surface area contributed by atoms with Crippen molar-refractivity contribution in [2.75, 3.05) is 21.3 Å². The highest BCUT2D eigenvalue weighted by atomic mass is 16.5. The van der Waals surface area contributed by atoms with E-state index >= 15 is 0 Å². The van der Waals surface area contributed by atoms with Gasteiger partial charge < -0.3 is 18.9 Å². The molecule has 0 atom stereocenters. The standard InChI is InChI=1S/C17H20O4/c1-18-15-9-14(10-16(19-2)17(15)20-3)12-21-11-13-7-5-4-6-8-13/h4-10H,11-12H2,1-3H3. The fourth-order valence-corrected chi connectivity index (χ4v) is 2.08. The first kappa shape index (κ1) is 15.2. The number of hydrogen-bond donors (Lipinski definition) is 0. The van der Waals surface area contributed by atoms with Gasteiger partial charge in [-0.15, -0.1) is 0 Å². The highest BCUT2D eigenvalue weighted by Gasteiger charge is 2.13. The third-order valence-electron chi connectivity index (χ3n) is 3.10. The van der Waals surface area contributed by atoms with Crippen LogP contribution in [0.25, 0.3) is 0 Å². The highest BCUT2D eigenvalue weighted by molar-refractivity contribution is 5.53. The smallest absolute Gasteiger partial charge is 0.203 e. The average Bonchev–Trinajstić information content (AvgIpc) is 2.54. The molecule has 4 heteroatoms. The van der Waals surface area contributed by atoms with Gasteiger partial charge in [0.25, 0.3) is 0 Å². The van der Waals surface area contributed by atoms with Crippen molar-refractivity contribution in [1.29, 1.82) is 0 Å². The van der Waals surface area contributed by atoms with Crippen molar-refractivity contribution in [2.24, 2.45) is 0 Å². The maximum atomic E-state index is 5.73. The van der Waals surface area contributed by atoms with E-state index < -0.39 is 0 Å². The minimum Gasteiger partial charge on any atom is -0.493 e. The molecule has 0 fully saturated rings. The summed E-state index contributed by atoms with van der Waals surface area (Å²) < 4.78 is 21.7. The summed E-state index contributed by atoms with van der Waals surface area (Å²) in [5.41, 5.74) is 2.12. The van der Waals surface area contributed by atoms with Gasteiger partial charge in [0.05, 0.1) is 34.5 Å². The molecule has 21 heavy (non-hydrogen) atoms. The Morgan fingerprint density at radius 2 is 1.29 bits per heavy atom. The monoisotopic (exact) mass is 288 g/mol. The molecule has 0 aromatic heterocycles. The zero-order chi connectivity index (χ0) is 15.1. The summed E-state index contributed by atoms with van der Waals surface area (Å²) in [4.78, 5) is 0. The predicted molar refractivity (Wildman–Crippen MR) is 81.0 cm³/mol. The Bertz CT molecular complexity index is 541. The first-order valence-corrected chi connectivity index (χ1v) is 6.69. The fourth-order valence-electron chi connectivity index (χ4n) is 2.08. The van der Waals surface area contributed by atoms with Gasteiger partial charge in [0, 0.05) is 0 Å². The van der Waals surface area contributed by atoms with E-state index in [9.17, 15) is 0 Å². The van der Waals surface area contributed by atoms with Gasteiger partial charge in [-0.05, 0) is 23.3 Å². The van der Waals surface area contributed by atoms with Gasteiger partial charge in [-0.25, -0.2) is 0 Å². The summed E-state index contributed by atoms with van der Waals surface area (Å²) in [6.45, 7) is 1.04. The van der Waals surface area contributed by atoms with Crippen LogP contribution in [0.2, 0.25) is 0 Å². The van der Waals surface area contributed by atoms with Crippen LogP contribution >= 0.6 is 0 Å². The zero-order valence-electron chi connectivity index (χ0n) is 12.6. The summed E-state index contributed by atoms with van der Waals surface area (Å²) in [6, 6.07) is 13.8. The lowest BCUT2D eigenvalue weighted by Crippen LogP contribution is -1.99. The molecule has 0 amide bonds. The van der Waals surface area contributed by atoms with Crippen LogP contribution < -0.4 is 14.2 Å². The molecule has 0 N–H and O–H groups in total. The first-order chi connectivity index (χ1) is 10.3. The maximum absolute atomic E-state index is 5.73. The third-order valence-corrected chi connectivity index (χ3v) is 3.10. The van der Waals surface area contributed by atoms with Crippen LogP contribution in [0, 0.1) is 0 Å². The third kappa shape index (κ3) is 3.89. The van der Waals surface area contributed by atoms with Crippen molar-refractivity contribution < 1.29 is 18.9 Å². The van der Waals surface area contributed by atoms with Crippen LogP contribution in [-0.2, 0) is 18.0 Å². The Morgan fingerprint density at radius 3 is 1.81 bits per heavy atom. The van der Waals surface area contributed by atoms with Crippen molar-refractivity contribution in [2.45, 2.75) is 13.2 Å². The lowest BCUT2D eigenvalue weighted by Gasteiger charge is -2.14. The summed E-state index contributed by atoms with van der Waals surface area (Å²) in [5.74, 6) is 1.86. The number of methoxy groups -OCH3 is 3.